The van der Waals surface area contributed by atoms with Gasteiger partial charge in [0.25, 0.3) is 0 Å². The molecule has 2 aromatic rings. The number of pyridine rings is 2. The zero-order valence-corrected chi connectivity index (χ0v) is 13.6. The summed E-state index contributed by atoms with van der Waals surface area (Å²) in [6.07, 6.45) is 5.27. The summed E-state index contributed by atoms with van der Waals surface area (Å²) in [4.78, 5) is 22.5. The number of anilines is 2. The topological polar surface area (TPSA) is 79.4 Å². The monoisotopic (exact) mass is 327 g/mol. The smallest absolute Gasteiger partial charge is 0.319 e. The van der Waals surface area contributed by atoms with Crippen LogP contribution in [0, 0.1) is 0 Å². The van der Waals surface area contributed by atoms with E-state index in [9.17, 15) is 4.79 Å². The summed E-state index contributed by atoms with van der Waals surface area (Å²) in [7, 11) is 0. The highest BCUT2D eigenvalue weighted by atomic mass is 16.5. The van der Waals surface area contributed by atoms with E-state index in [4.69, 9.17) is 4.74 Å². The highest BCUT2D eigenvalue weighted by Crippen LogP contribution is 2.15. The van der Waals surface area contributed by atoms with Gasteiger partial charge in [-0.1, -0.05) is 6.07 Å². The maximum absolute atomic E-state index is 11.9. The van der Waals surface area contributed by atoms with Crippen molar-refractivity contribution in [3.63, 3.8) is 0 Å². The van der Waals surface area contributed by atoms with Crippen LogP contribution in [-0.4, -0.2) is 41.8 Å². The van der Waals surface area contributed by atoms with Crippen molar-refractivity contribution in [3.8, 4) is 0 Å². The van der Waals surface area contributed by atoms with Crippen LogP contribution in [0.15, 0.2) is 42.9 Å². The van der Waals surface area contributed by atoms with Crippen molar-refractivity contribution in [2.75, 3.05) is 29.9 Å². The second-order valence-electron chi connectivity index (χ2n) is 5.70. The molecule has 2 N–H and O–H groups in total. The lowest BCUT2D eigenvalue weighted by Gasteiger charge is -2.32. The summed E-state index contributed by atoms with van der Waals surface area (Å²) in [5.41, 5.74) is 1.65. The first kappa shape index (κ1) is 16.2. The van der Waals surface area contributed by atoms with Crippen molar-refractivity contribution < 1.29 is 9.53 Å². The largest absolute Gasteiger partial charge is 0.375 e. The number of hydrogen-bond donors (Lipinski definition) is 2. The van der Waals surface area contributed by atoms with E-state index in [0.29, 0.717) is 12.2 Å². The first-order chi connectivity index (χ1) is 11.7. The van der Waals surface area contributed by atoms with Gasteiger partial charge in [-0.3, -0.25) is 4.98 Å². The van der Waals surface area contributed by atoms with Crippen LogP contribution in [0.4, 0.5) is 16.3 Å². The molecule has 3 heterocycles. The van der Waals surface area contributed by atoms with Gasteiger partial charge in [0.2, 0.25) is 0 Å². The molecular weight excluding hydrogens is 306 g/mol. The number of hydrogen-bond acceptors (Lipinski definition) is 5. The summed E-state index contributed by atoms with van der Waals surface area (Å²) in [6, 6.07) is 7.18. The van der Waals surface area contributed by atoms with Crippen molar-refractivity contribution in [3.05, 3.63) is 48.4 Å². The quantitative estimate of drug-likeness (QED) is 0.898. The molecule has 1 fully saturated rings. The number of ether oxygens (including phenoxy) is 1. The van der Waals surface area contributed by atoms with Gasteiger partial charge < -0.3 is 20.3 Å². The van der Waals surface area contributed by atoms with Crippen LogP contribution < -0.4 is 15.5 Å². The molecule has 0 aromatic carbocycles. The molecule has 126 valence electrons. The van der Waals surface area contributed by atoms with Crippen LogP contribution in [0.5, 0.6) is 0 Å². The van der Waals surface area contributed by atoms with E-state index in [0.717, 1.165) is 31.1 Å². The van der Waals surface area contributed by atoms with Gasteiger partial charge in [-0.05, 0) is 30.7 Å². The Morgan fingerprint density at radius 1 is 1.33 bits per heavy atom. The molecule has 1 atom stereocenters. The molecule has 24 heavy (non-hydrogen) atoms. The van der Waals surface area contributed by atoms with Gasteiger partial charge in [0.05, 0.1) is 12.7 Å². The fourth-order valence-electron chi connectivity index (χ4n) is 2.53. The molecule has 7 nitrogen and oxygen atoms in total. The lowest BCUT2D eigenvalue weighted by Crippen LogP contribution is -2.41. The summed E-state index contributed by atoms with van der Waals surface area (Å²) in [6.45, 7) is 4.90. The Hall–Kier alpha value is -2.67. The number of carbonyl (C=O) groups is 1. The lowest BCUT2D eigenvalue weighted by molar-refractivity contribution is 0.0529. The molecule has 7 heteroatoms. The molecule has 1 aliphatic heterocycles. The summed E-state index contributed by atoms with van der Waals surface area (Å²) < 4.78 is 5.54. The van der Waals surface area contributed by atoms with Gasteiger partial charge in [-0.25, -0.2) is 9.78 Å². The predicted molar refractivity (Wildman–Crippen MR) is 92.0 cm³/mol. The van der Waals surface area contributed by atoms with Crippen LogP contribution in [0.2, 0.25) is 0 Å². The molecule has 1 saturated heterocycles. The molecule has 0 saturated carbocycles. The maximum atomic E-state index is 11.9. The average Bonchev–Trinajstić information content (AvgIpc) is 2.61. The van der Waals surface area contributed by atoms with Crippen molar-refractivity contribution in [2.45, 2.75) is 19.6 Å². The van der Waals surface area contributed by atoms with Crippen molar-refractivity contribution in [1.82, 2.24) is 15.3 Å². The number of morpholine rings is 1. The molecule has 0 spiro atoms. The third-order valence-corrected chi connectivity index (χ3v) is 3.77. The molecule has 0 aliphatic carbocycles. The van der Waals surface area contributed by atoms with Gasteiger partial charge in [-0.2, -0.15) is 0 Å². The van der Waals surface area contributed by atoms with E-state index in [1.807, 2.05) is 12.1 Å². The number of nitrogens with zero attached hydrogens (tertiary/aromatic N) is 3. The number of carbonyl (C=O) groups excluding carboxylic acids is 1. The Labute approximate surface area is 141 Å². The third kappa shape index (κ3) is 4.42. The third-order valence-electron chi connectivity index (χ3n) is 3.77. The maximum Gasteiger partial charge on any atom is 0.319 e. The highest BCUT2D eigenvalue weighted by molar-refractivity contribution is 5.88. The Kier molecular flexibility index (Phi) is 5.22. The van der Waals surface area contributed by atoms with E-state index >= 15 is 0 Å². The van der Waals surface area contributed by atoms with Gasteiger partial charge in [0, 0.05) is 43.9 Å². The molecule has 2 amide bonds. The molecule has 0 bridgehead atoms. The Morgan fingerprint density at radius 3 is 2.88 bits per heavy atom. The predicted octanol–water partition coefficient (Wildman–Crippen LogP) is 2.02. The van der Waals surface area contributed by atoms with Gasteiger partial charge in [-0.15, -0.1) is 0 Å². The first-order valence-electron chi connectivity index (χ1n) is 7.97. The fourth-order valence-corrected chi connectivity index (χ4v) is 2.53. The van der Waals surface area contributed by atoms with Gasteiger partial charge in [0.15, 0.2) is 0 Å². The van der Waals surface area contributed by atoms with E-state index in [1.54, 1.807) is 30.7 Å². The van der Waals surface area contributed by atoms with Crippen molar-refractivity contribution in [1.29, 1.82) is 0 Å². The summed E-state index contributed by atoms with van der Waals surface area (Å²) in [5.74, 6) is 0.940. The number of amides is 2. The van der Waals surface area contributed by atoms with Crippen molar-refractivity contribution >= 4 is 17.5 Å². The van der Waals surface area contributed by atoms with Crippen LogP contribution in [0.3, 0.4) is 0 Å². The summed E-state index contributed by atoms with van der Waals surface area (Å²) >= 11 is 0. The number of aromatic nitrogens is 2. The minimum absolute atomic E-state index is 0.221. The zero-order chi connectivity index (χ0) is 16.8. The number of rotatable bonds is 4. The second-order valence-corrected chi connectivity index (χ2v) is 5.70. The minimum Gasteiger partial charge on any atom is -0.375 e. The lowest BCUT2D eigenvalue weighted by atomic mass is 10.2. The molecular formula is C17H21N5O2. The first-order valence-corrected chi connectivity index (χ1v) is 7.97. The van der Waals surface area contributed by atoms with Gasteiger partial charge in [0.1, 0.15) is 5.82 Å². The molecule has 0 radical (unpaired) electrons. The van der Waals surface area contributed by atoms with Gasteiger partial charge >= 0.3 is 6.03 Å². The molecule has 2 aromatic heterocycles. The summed E-state index contributed by atoms with van der Waals surface area (Å²) in [5, 5.41) is 5.56. The molecule has 1 aliphatic rings. The van der Waals surface area contributed by atoms with Crippen LogP contribution in [0.25, 0.3) is 0 Å². The normalized spacial score (nSPS) is 17.4. The van der Waals surface area contributed by atoms with E-state index in [1.165, 1.54) is 0 Å². The Morgan fingerprint density at radius 2 is 2.17 bits per heavy atom. The van der Waals surface area contributed by atoms with E-state index < -0.39 is 0 Å². The average molecular weight is 327 g/mol. The highest BCUT2D eigenvalue weighted by Gasteiger charge is 2.17. The van der Waals surface area contributed by atoms with E-state index in [-0.39, 0.29) is 12.1 Å². The standard InChI is InChI=1S/C17H21N5O2/c1-13-12-22(8-9-24-13)16-3-2-14(10-19-16)11-20-17(23)21-15-4-6-18-7-5-15/h2-7,10,13H,8-9,11-12H2,1H3,(H2,18,20,21,23)/t13-/m1/s1. The van der Waals surface area contributed by atoms with Crippen molar-refractivity contribution in [2.24, 2.45) is 0 Å². The molecule has 3 rings (SSSR count). The number of urea groups is 1. The van der Waals surface area contributed by atoms with Crippen LogP contribution in [-0.2, 0) is 11.3 Å². The van der Waals surface area contributed by atoms with Crippen LogP contribution in [0.1, 0.15) is 12.5 Å². The minimum atomic E-state index is -0.257. The Balaban J connectivity index is 1.50. The second kappa shape index (κ2) is 7.74. The molecule has 0 unspecified atom stereocenters. The Bertz CT molecular complexity index is 662. The van der Waals surface area contributed by atoms with E-state index in [2.05, 4.69) is 32.4 Å². The zero-order valence-electron chi connectivity index (χ0n) is 13.6. The SMILES string of the molecule is C[C@@H]1CN(c2ccc(CNC(=O)Nc3ccncc3)cn2)CCO1. The fraction of sp³-hybridized carbons (Fsp3) is 0.353. The van der Waals surface area contributed by atoms with Crippen LogP contribution >= 0.6 is 0 Å². The number of nitrogens with one attached hydrogen (secondary N) is 2.